The topological polar surface area (TPSA) is 117 Å². The van der Waals surface area contributed by atoms with Crippen LogP contribution in [0.2, 0.25) is 0 Å². The first kappa shape index (κ1) is 21.6. The highest BCUT2D eigenvalue weighted by atomic mass is 32.2. The molecule has 1 atom stereocenters. The lowest BCUT2D eigenvalue weighted by atomic mass is 10.2. The van der Waals surface area contributed by atoms with E-state index in [-0.39, 0.29) is 23.1 Å². The highest BCUT2D eigenvalue weighted by molar-refractivity contribution is 8.15. The van der Waals surface area contributed by atoms with E-state index in [1.165, 1.54) is 25.6 Å². The van der Waals surface area contributed by atoms with Gasteiger partial charge in [-0.2, -0.15) is 0 Å². The van der Waals surface area contributed by atoms with Crippen LogP contribution >= 0.6 is 11.8 Å². The van der Waals surface area contributed by atoms with Crippen molar-refractivity contribution in [1.29, 1.82) is 0 Å². The Balaban J connectivity index is 1.40. The van der Waals surface area contributed by atoms with E-state index >= 15 is 0 Å². The molecule has 0 bridgehead atoms. The molecule has 3 heterocycles. The number of carbonyl (C=O) groups is 3. The lowest BCUT2D eigenvalue weighted by Crippen LogP contribution is -2.52. The summed E-state index contributed by atoms with van der Waals surface area (Å²) in [5.74, 6) is -1.02. The van der Waals surface area contributed by atoms with E-state index in [0.717, 1.165) is 5.69 Å². The van der Waals surface area contributed by atoms with Gasteiger partial charge >= 0.3 is 5.97 Å². The highest BCUT2D eigenvalue weighted by Crippen LogP contribution is 2.42. The van der Waals surface area contributed by atoms with Crippen molar-refractivity contribution in [2.75, 3.05) is 43.4 Å². The number of carbonyl (C=O) groups excluding carboxylic acids is 3. The Hall–Kier alpha value is -2.60. The fourth-order valence-corrected chi connectivity index (χ4v) is 5.93. The summed E-state index contributed by atoms with van der Waals surface area (Å²) in [6.45, 7) is 5.05. The highest BCUT2D eigenvalue weighted by Gasteiger charge is 2.34. The van der Waals surface area contributed by atoms with Gasteiger partial charge < -0.3 is 19.4 Å². The van der Waals surface area contributed by atoms with Gasteiger partial charge in [0.15, 0.2) is 11.3 Å². The fraction of sp³-hybridized carbons (Fsp3) is 0.474. The molecule has 3 aliphatic heterocycles. The first-order chi connectivity index (χ1) is 14.6. The van der Waals surface area contributed by atoms with Crippen molar-refractivity contribution in [3.63, 3.8) is 0 Å². The number of anilines is 1. The normalized spacial score (nSPS) is 20.5. The Labute approximate surface area is 184 Å². The molecule has 1 aromatic rings. The minimum Gasteiger partial charge on any atom is -0.449 e. The van der Waals surface area contributed by atoms with Crippen LogP contribution in [-0.4, -0.2) is 85.7 Å². The molecule has 1 fully saturated rings. The maximum Gasteiger partial charge on any atom is 0.338 e. The van der Waals surface area contributed by atoms with Crippen LogP contribution in [0.25, 0.3) is 0 Å². The number of ether oxygens (including phenoxy) is 1. The minimum atomic E-state index is -3.46. The number of benzene rings is 1. The van der Waals surface area contributed by atoms with Crippen LogP contribution in [0.15, 0.2) is 27.5 Å². The first-order valence-corrected chi connectivity index (χ1v) is 12.2. The Bertz CT molecular complexity index is 1080. The van der Waals surface area contributed by atoms with E-state index in [0.29, 0.717) is 42.8 Å². The first-order valence-electron chi connectivity index (χ1n) is 9.82. The van der Waals surface area contributed by atoms with Crippen molar-refractivity contribution in [3.8, 4) is 0 Å². The summed E-state index contributed by atoms with van der Waals surface area (Å²) in [6, 6.07) is 4.95. The number of amidine groups is 1. The number of thioether (sulfide) groups is 1. The van der Waals surface area contributed by atoms with Crippen LogP contribution in [0.5, 0.6) is 0 Å². The number of fused-ring (bicyclic) bond motifs is 3. The van der Waals surface area contributed by atoms with E-state index in [1.807, 2.05) is 4.90 Å². The number of hydrogen-bond donors (Lipinski definition) is 0. The van der Waals surface area contributed by atoms with Gasteiger partial charge in [0.05, 0.1) is 17.0 Å². The molecule has 12 heteroatoms. The Morgan fingerprint density at radius 1 is 1.10 bits per heavy atom. The van der Waals surface area contributed by atoms with E-state index < -0.39 is 22.1 Å². The van der Waals surface area contributed by atoms with Crippen molar-refractivity contribution < 1.29 is 27.5 Å². The summed E-state index contributed by atoms with van der Waals surface area (Å²) >= 11 is 1.19. The molecule has 31 heavy (non-hydrogen) atoms. The van der Waals surface area contributed by atoms with E-state index in [1.54, 1.807) is 28.0 Å². The zero-order valence-electron chi connectivity index (χ0n) is 17.1. The van der Waals surface area contributed by atoms with Crippen molar-refractivity contribution >= 4 is 50.4 Å². The average Bonchev–Trinajstić information content (AvgIpc) is 3.08. The van der Waals surface area contributed by atoms with Crippen LogP contribution in [0.4, 0.5) is 5.69 Å². The molecule has 1 saturated heterocycles. The number of nitrogens with zero attached hydrogens (tertiary/aromatic N) is 4. The molecule has 0 spiro atoms. The van der Waals surface area contributed by atoms with E-state index in [9.17, 15) is 22.8 Å². The lowest BCUT2D eigenvalue weighted by Gasteiger charge is -2.35. The summed E-state index contributed by atoms with van der Waals surface area (Å²) in [5.41, 5.74) is 1.07. The van der Waals surface area contributed by atoms with Gasteiger partial charge in [-0.3, -0.25) is 9.59 Å². The summed E-state index contributed by atoms with van der Waals surface area (Å²) < 4.78 is 32.6. The van der Waals surface area contributed by atoms with Gasteiger partial charge in [-0.05, 0) is 36.9 Å². The molecule has 1 unspecified atom stereocenters. The summed E-state index contributed by atoms with van der Waals surface area (Å²) in [6.07, 6.45) is -0.960. The maximum absolute atomic E-state index is 12.6. The third-order valence-electron chi connectivity index (χ3n) is 5.38. The summed E-state index contributed by atoms with van der Waals surface area (Å²) in [4.78, 5) is 42.4. The van der Waals surface area contributed by atoms with Gasteiger partial charge in [0, 0.05) is 44.5 Å². The molecule has 4 rings (SSSR count). The molecule has 0 saturated carbocycles. The molecular weight excluding hydrogens is 444 g/mol. The van der Waals surface area contributed by atoms with Crippen molar-refractivity contribution in [2.24, 2.45) is 4.40 Å². The standard InChI is InChI=1S/C19H22N4O6S2/c1-12(17(25)22-7-5-21(6-8-22)13(2)24)29-18(26)14-3-4-15-16(11-14)30-19-20-31(27,28)10-9-23(15)19/h3-4,11-12H,5-10H2,1-2H3. The van der Waals surface area contributed by atoms with Gasteiger partial charge in [-0.15, -0.1) is 4.40 Å². The minimum absolute atomic E-state index is 0.0270. The van der Waals surface area contributed by atoms with Gasteiger partial charge in [0.25, 0.3) is 15.9 Å². The third kappa shape index (κ3) is 4.40. The molecule has 0 aromatic heterocycles. The molecule has 10 nitrogen and oxygen atoms in total. The second-order valence-corrected chi connectivity index (χ2v) is 10.2. The number of piperazine rings is 1. The molecule has 0 N–H and O–H groups in total. The Morgan fingerprint density at radius 2 is 1.77 bits per heavy atom. The van der Waals surface area contributed by atoms with E-state index in [2.05, 4.69) is 4.40 Å². The quantitative estimate of drug-likeness (QED) is 0.593. The van der Waals surface area contributed by atoms with Crippen LogP contribution in [0.3, 0.4) is 0 Å². The smallest absolute Gasteiger partial charge is 0.338 e. The molecule has 0 aliphatic carbocycles. The second kappa shape index (κ2) is 8.15. The van der Waals surface area contributed by atoms with Gasteiger partial charge in [0.2, 0.25) is 5.91 Å². The maximum atomic E-state index is 12.6. The third-order valence-corrected chi connectivity index (χ3v) is 7.68. The van der Waals surface area contributed by atoms with Crippen LogP contribution in [-0.2, 0) is 24.3 Å². The van der Waals surface area contributed by atoms with Gasteiger partial charge in [-0.1, -0.05) is 0 Å². The molecule has 0 radical (unpaired) electrons. The number of amides is 2. The molecule has 3 aliphatic rings. The van der Waals surface area contributed by atoms with Crippen molar-refractivity contribution in [2.45, 2.75) is 24.8 Å². The largest absolute Gasteiger partial charge is 0.449 e. The number of hydrogen-bond acceptors (Lipinski definition) is 8. The predicted octanol–water partition coefficient (Wildman–Crippen LogP) is 0.534. The monoisotopic (exact) mass is 466 g/mol. The Kier molecular flexibility index (Phi) is 5.69. The summed E-state index contributed by atoms with van der Waals surface area (Å²) in [5, 5.41) is 0.375. The zero-order chi connectivity index (χ0) is 22.3. The number of esters is 1. The SMILES string of the molecule is CC(=O)N1CCN(C(=O)C(C)OC(=O)c2ccc3c(c2)SC2=NS(=O)(=O)CCN23)CC1. The second-order valence-electron chi connectivity index (χ2n) is 7.47. The number of sulfonamides is 1. The van der Waals surface area contributed by atoms with Crippen molar-refractivity contribution in [1.82, 2.24) is 9.80 Å². The van der Waals surface area contributed by atoms with E-state index in [4.69, 9.17) is 4.74 Å². The van der Waals surface area contributed by atoms with Crippen molar-refractivity contribution in [3.05, 3.63) is 23.8 Å². The Morgan fingerprint density at radius 3 is 2.45 bits per heavy atom. The van der Waals surface area contributed by atoms with Gasteiger partial charge in [0.1, 0.15) is 0 Å². The van der Waals surface area contributed by atoms with Crippen LogP contribution in [0, 0.1) is 0 Å². The number of rotatable bonds is 3. The lowest BCUT2D eigenvalue weighted by molar-refractivity contribution is -0.144. The fourth-order valence-electron chi connectivity index (χ4n) is 3.64. The molecule has 2 amide bonds. The van der Waals surface area contributed by atoms with Crippen LogP contribution in [0.1, 0.15) is 24.2 Å². The zero-order valence-corrected chi connectivity index (χ0v) is 18.7. The molecular formula is C19H22N4O6S2. The average molecular weight is 467 g/mol. The molecule has 166 valence electrons. The summed E-state index contributed by atoms with van der Waals surface area (Å²) in [7, 11) is -3.46. The van der Waals surface area contributed by atoms with Crippen LogP contribution < -0.4 is 4.90 Å². The van der Waals surface area contributed by atoms with Gasteiger partial charge in [-0.25, -0.2) is 13.2 Å². The molecule has 1 aromatic carbocycles. The predicted molar refractivity (Wildman–Crippen MR) is 115 cm³/mol.